The Labute approximate surface area is 124 Å². The van der Waals surface area contributed by atoms with Gasteiger partial charge in [-0.1, -0.05) is 18.3 Å². The van der Waals surface area contributed by atoms with E-state index in [1.165, 1.54) is 6.07 Å². The van der Waals surface area contributed by atoms with Crippen LogP contribution >= 0.6 is 24.8 Å². The lowest BCUT2D eigenvalue weighted by atomic mass is 10.2. The Hall–Kier alpha value is -2.19. The number of benzene rings is 1. The van der Waals surface area contributed by atoms with E-state index in [-0.39, 0.29) is 5.56 Å². The Balaban J connectivity index is 0.000000240. The predicted molar refractivity (Wildman–Crippen MR) is 78.9 cm³/mol. The van der Waals surface area contributed by atoms with Crippen LogP contribution < -0.4 is 0 Å². The van der Waals surface area contributed by atoms with E-state index in [1.807, 2.05) is 24.4 Å². The number of aromatic nitrogens is 1. The second-order valence-electron chi connectivity index (χ2n) is 3.49. The van der Waals surface area contributed by atoms with Crippen molar-refractivity contribution in [2.75, 3.05) is 0 Å². The lowest BCUT2D eigenvalue weighted by Gasteiger charge is -1.97. The summed E-state index contributed by atoms with van der Waals surface area (Å²) in [5, 5.41) is 19.0. The molecule has 8 heteroatoms. The summed E-state index contributed by atoms with van der Waals surface area (Å²) < 4.78 is 0.780. The number of nitrogens with one attached hydrogen (secondary N) is 1. The molecule has 0 fully saturated rings. The van der Waals surface area contributed by atoms with Gasteiger partial charge in [0.15, 0.2) is 0 Å². The highest BCUT2D eigenvalue weighted by Gasteiger charge is 2.18. The number of carboxylic acids is 1. The van der Waals surface area contributed by atoms with Gasteiger partial charge in [-0.05, 0) is 24.3 Å². The third-order valence-electron chi connectivity index (χ3n) is 2.09. The Morgan fingerprint density at radius 2 is 2.05 bits per heavy atom. The van der Waals surface area contributed by atoms with Gasteiger partial charge in [0, 0.05) is 17.2 Å². The SMILES string of the molecule is O=C(O)c1cc(S)ccc1[N+](=O)[O-].S=c1cccc[nH]1. The number of carbonyl (C=O) groups is 1. The largest absolute Gasteiger partial charge is 0.477 e. The monoisotopic (exact) mass is 310 g/mol. The Morgan fingerprint density at radius 1 is 1.35 bits per heavy atom. The van der Waals surface area contributed by atoms with Crippen molar-refractivity contribution in [2.24, 2.45) is 0 Å². The van der Waals surface area contributed by atoms with E-state index >= 15 is 0 Å². The summed E-state index contributed by atoms with van der Waals surface area (Å²) >= 11 is 8.63. The van der Waals surface area contributed by atoms with Gasteiger partial charge in [-0.3, -0.25) is 10.1 Å². The molecule has 1 aromatic carbocycles. The summed E-state index contributed by atoms with van der Waals surface area (Å²) in [5.41, 5.74) is -0.775. The molecule has 2 N–H and O–H groups in total. The number of pyridine rings is 1. The van der Waals surface area contributed by atoms with E-state index in [4.69, 9.17) is 17.3 Å². The van der Waals surface area contributed by atoms with Crippen LogP contribution in [0.15, 0.2) is 47.5 Å². The molecule has 6 nitrogen and oxygen atoms in total. The van der Waals surface area contributed by atoms with Crippen LogP contribution in [0, 0.1) is 14.8 Å². The van der Waals surface area contributed by atoms with Crippen molar-refractivity contribution in [2.45, 2.75) is 4.90 Å². The third-order valence-corrected chi connectivity index (χ3v) is 2.62. The maximum atomic E-state index is 10.5. The average Bonchev–Trinajstić information content (AvgIpc) is 2.39. The number of rotatable bonds is 2. The van der Waals surface area contributed by atoms with E-state index < -0.39 is 16.6 Å². The van der Waals surface area contributed by atoms with Crippen molar-refractivity contribution in [3.8, 4) is 0 Å². The standard InChI is InChI=1S/C7H5NO4S.C5H5NS/c9-7(10)5-3-4(13)1-2-6(5)8(11)12;7-5-3-1-2-4-6-5/h1-3,13H,(H,9,10);1-4H,(H,6,7). The molecule has 0 saturated heterocycles. The fourth-order valence-corrected chi connectivity index (χ4v) is 1.58. The van der Waals surface area contributed by atoms with Crippen LogP contribution in [0.1, 0.15) is 10.4 Å². The minimum Gasteiger partial charge on any atom is -0.477 e. The number of carboxylic acid groups (broad SMARTS) is 1. The molecule has 0 aliphatic heterocycles. The molecule has 0 radical (unpaired) electrons. The topological polar surface area (TPSA) is 96.2 Å². The van der Waals surface area contributed by atoms with Crippen LogP contribution in [-0.4, -0.2) is 21.0 Å². The maximum absolute atomic E-state index is 10.5. The van der Waals surface area contributed by atoms with Crippen molar-refractivity contribution in [1.82, 2.24) is 4.98 Å². The van der Waals surface area contributed by atoms with Crippen LogP contribution in [-0.2, 0) is 0 Å². The normalized spacial score (nSPS) is 9.25. The Bertz CT molecular complexity index is 668. The summed E-state index contributed by atoms with van der Waals surface area (Å²) in [6.45, 7) is 0. The fourth-order valence-electron chi connectivity index (χ4n) is 1.23. The first kappa shape index (κ1) is 15.9. The predicted octanol–water partition coefficient (Wildman–Crippen LogP) is 3.33. The van der Waals surface area contributed by atoms with E-state index in [9.17, 15) is 14.9 Å². The summed E-state index contributed by atoms with van der Waals surface area (Å²) in [6.07, 6.45) is 1.81. The van der Waals surface area contributed by atoms with Crippen LogP contribution in [0.3, 0.4) is 0 Å². The number of nitro benzene ring substituents is 1. The van der Waals surface area contributed by atoms with Crippen LogP contribution in [0.4, 0.5) is 5.69 Å². The summed E-state index contributed by atoms with van der Waals surface area (Å²) in [4.78, 5) is 23.4. The summed E-state index contributed by atoms with van der Waals surface area (Å²) in [7, 11) is 0. The van der Waals surface area contributed by atoms with Gasteiger partial charge in [0.05, 0.1) is 4.92 Å². The molecule has 2 aromatic rings. The number of aromatic carboxylic acids is 1. The zero-order chi connectivity index (χ0) is 15.1. The van der Waals surface area contributed by atoms with Crippen molar-refractivity contribution in [3.63, 3.8) is 0 Å². The second-order valence-corrected chi connectivity index (χ2v) is 4.45. The smallest absolute Gasteiger partial charge is 0.342 e. The molecular formula is C12H10N2O4S2. The molecule has 0 aliphatic rings. The van der Waals surface area contributed by atoms with E-state index in [0.29, 0.717) is 4.90 Å². The van der Waals surface area contributed by atoms with Crippen LogP contribution in [0.25, 0.3) is 0 Å². The molecule has 1 aromatic heterocycles. The minimum absolute atomic E-state index is 0.350. The lowest BCUT2D eigenvalue weighted by Crippen LogP contribution is -2.02. The minimum atomic E-state index is -1.33. The highest BCUT2D eigenvalue weighted by molar-refractivity contribution is 7.80. The van der Waals surface area contributed by atoms with Gasteiger partial charge in [-0.2, -0.15) is 0 Å². The van der Waals surface area contributed by atoms with Crippen molar-refractivity contribution in [1.29, 1.82) is 0 Å². The number of thiol groups is 1. The first-order valence-corrected chi connectivity index (χ1v) is 6.12. The number of nitrogens with zero attached hydrogens (tertiary/aromatic N) is 1. The zero-order valence-corrected chi connectivity index (χ0v) is 11.7. The number of hydrogen-bond donors (Lipinski definition) is 3. The Kier molecular flexibility index (Phi) is 5.88. The summed E-state index contributed by atoms with van der Waals surface area (Å²) in [6, 6.07) is 9.27. The highest BCUT2D eigenvalue weighted by atomic mass is 32.1. The molecule has 104 valence electrons. The number of aromatic amines is 1. The van der Waals surface area contributed by atoms with Gasteiger partial charge in [-0.25, -0.2) is 4.79 Å². The first-order chi connectivity index (χ1) is 9.41. The first-order valence-electron chi connectivity index (χ1n) is 5.26. The van der Waals surface area contributed by atoms with E-state index in [1.54, 1.807) is 0 Å². The van der Waals surface area contributed by atoms with Crippen LogP contribution in [0.2, 0.25) is 0 Å². The molecule has 0 aliphatic carbocycles. The highest BCUT2D eigenvalue weighted by Crippen LogP contribution is 2.21. The van der Waals surface area contributed by atoms with E-state index in [2.05, 4.69) is 17.6 Å². The lowest BCUT2D eigenvalue weighted by molar-refractivity contribution is -0.385. The van der Waals surface area contributed by atoms with Gasteiger partial charge >= 0.3 is 5.97 Å². The van der Waals surface area contributed by atoms with Gasteiger partial charge in [0.2, 0.25) is 0 Å². The number of nitro groups is 1. The molecule has 0 saturated carbocycles. The fraction of sp³-hybridized carbons (Fsp3) is 0. The molecule has 0 spiro atoms. The molecule has 0 bridgehead atoms. The van der Waals surface area contributed by atoms with E-state index in [0.717, 1.165) is 16.8 Å². The number of hydrogen-bond acceptors (Lipinski definition) is 5. The zero-order valence-electron chi connectivity index (χ0n) is 10.0. The molecule has 0 atom stereocenters. The van der Waals surface area contributed by atoms with Crippen molar-refractivity contribution in [3.05, 3.63) is 62.9 Å². The van der Waals surface area contributed by atoms with Gasteiger partial charge in [0.25, 0.3) is 5.69 Å². The summed E-state index contributed by atoms with van der Waals surface area (Å²) in [5.74, 6) is -1.33. The molecule has 1 heterocycles. The molecule has 0 unspecified atom stereocenters. The Morgan fingerprint density at radius 3 is 2.45 bits per heavy atom. The molecular weight excluding hydrogens is 300 g/mol. The van der Waals surface area contributed by atoms with Gasteiger partial charge < -0.3 is 10.1 Å². The number of H-pyrrole nitrogens is 1. The maximum Gasteiger partial charge on any atom is 0.342 e. The third kappa shape index (κ3) is 4.82. The average molecular weight is 310 g/mol. The second kappa shape index (κ2) is 7.41. The molecule has 0 amide bonds. The quantitative estimate of drug-likeness (QED) is 0.342. The van der Waals surface area contributed by atoms with Crippen molar-refractivity contribution >= 4 is 36.5 Å². The van der Waals surface area contributed by atoms with Gasteiger partial charge in [0.1, 0.15) is 10.2 Å². The van der Waals surface area contributed by atoms with Crippen LogP contribution in [0.5, 0.6) is 0 Å². The molecule has 2 rings (SSSR count). The van der Waals surface area contributed by atoms with Crippen molar-refractivity contribution < 1.29 is 14.8 Å². The van der Waals surface area contributed by atoms with Gasteiger partial charge in [-0.15, -0.1) is 12.6 Å². The molecule has 20 heavy (non-hydrogen) atoms.